The molecule has 0 bridgehead atoms. The van der Waals surface area contributed by atoms with Crippen LogP contribution in [0, 0.1) is 6.92 Å². The average Bonchev–Trinajstić information content (AvgIpc) is 2.33. The molecule has 1 rings (SSSR count). The van der Waals surface area contributed by atoms with E-state index in [1.165, 1.54) is 11.1 Å². The molecule has 108 valence electrons. The minimum Gasteiger partial charge on any atom is -0.372 e. The van der Waals surface area contributed by atoms with Crippen molar-refractivity contribution in [2.75, 3.05) is 26.3 Å². The lowest BCUT2D eigenvalue weighted by Gasteiger charge is -2.09. The van der Waals surface area contributed by atoms with E-state index in [-0.39, 0.29) is 6.61 Å². The number of hydrogen-bond donors (Lipinski definition) is 1. The van der Waals surface area contributed by atoms with Gasteiger partial charge in [0, 0.05) is 6.61 Å². The summed E-state index contributed by atoms with van der Waals surface area (Å²) in [4.78, 5) is 0. The standard InChI is InChI=1S/C14H20F3NO/c1-12-5-2-3-6-13(12)7-9-18-8-4-10-19-11-14(15,16)17/h2-3,5-6,18H,4,7-11H2,1H3. The molecule has 0 saturated carbocycles. The van der Waals surface area contributed by atoms with Crippen molar-refractivity contribution in [3.05, 3.63) is 35.4 Å². The Labute approximate surface area is 112 Å². The van der Waals surface area contributed by atoms with Crippen LogP contribution in [0.25, 0.3) is 0 Å². The topological polar surface area (TPSA) is 21.3 Å². The van der Waals surface area contributed by atoms with Gasteiger partial charge >= 0.3 is 6.18 Å². The van der Waals surface area contributed by atoms with Crippen LogP contribution in [0.4, 0.5) is 13.2 Å². The Morgan fingerprint density at radius 2 is 1.89 bits per heavy atom. The molecule has 19 heavy (non-hydrogen) atoms. The van der Waals surface area contributed by atoms with Gasteiger partial charge in [0.1, 0.15) is 6.61 Å². The number of hydrogen-bond acceptors (Lipinski definition) is 2. The van der Waals surface area contributed by atoms with Gasteiger partial charge in [-0.1, -0.05) is 24.3 Å². The van der Waals surface area contributed by atoms with E-state index >= 15 is 0 Å². The van der Waals surface area contributed by atoms with Crippen LogP contribution in [0.1, 0.15) is 17.5 Å². The van der Waals surface area contributed by atoms with Gasteiger partial charge in [-0.25, -0.2) is 0 Å². The van der Waals surface area contributed by atoms with Gasteiger partial charge in [-0.3, -0.25) is 0 Å². The summed E-state index contributed by atoms with van der Waals surface area (Å²) in [6.07, 6.45) is -2.71. The third-order valence-corrected chi connectivity index (χ3v) is 2.74. The third-order valence-electron chi connectivity index (χ3n) is 2.74. The van der Waals surface area contributed by atoms with Gasteiger partial charge < -0.3 is 10.1 Å². The zero-order chi connectivity index (χ0) is 14.1. The highest BCUT2D eigenvalue weighted by molar-refractivity contribution is 5.25. The summed E-state index contributed by atoms with van der Waals surface area (Å²) in [5, 5.41) is 3.20. The Hall–Kier alpha value is -1.07. The zero-order valence-corrected chi connectivity index (χ0v) is 11.1. The van der Waals surface area contributed by atoms with Crippen LogP contribution in [-0.2, 0) is 11.2 Å². The van der Waals surface area contributed by atoms with Gasteiger partial charge in [-0.2, -0.15) is 13.2 Å². The van der Waals surface area contributed by atoms with E-state index in [0.717, 1.165) is 13.0 Å². The van der Waals surface area contributed by atoms with Crippen LogP contribution >= 0.6 is 0 Å². The molecule has 1 aromatic carbocycles. The predicted molar refractivity (Wildman–Crippen MR) is 69.2 cm³/mol. The fraction of sp³-hybridized carbons (Fsp3) is 0.571. The first-order chi connectivity index (χ1) is 8.99. The maximum absolute atomic E-state index is 11.8. The van der Waals surface area contributed by atoms with Crippen LogP contribution < -0.4 is 5.32 Å². The minimum atomic E-state index is -4.22. The van der Waals surface area contributed by atoms with E-state index in [4.69, 9.17) is 0 Å². The normalized spacial score (nSPS) is 11.8. The molecule has 2 nitrogen and oxygen atoms in total. The van der Waals surface area contributed by atoms with E-state index in [9.17, 15) is 13.2 Å². The van der Waals surface area contributed by atoms with Crippen molar-refractivity contribution in [3.63, 3.8) is 0 Å². The van der Waals surface area contributed by atoms with Crippen LogP contribution in [0.2, 0.25) is 0 Å². The maximum atomic E-state index is 11.8. The van der Waals surface area contributed by atoms with Gasteiger partial charge in [-0.15, -0.1) is 0 Å². The molecule has 0 fully saturated rings. The number of aryl methyl sites for hydroxylation is 1. The van der Waals surface area contributed by atoms with E-state index < -0.39 is 12.8 Å². The number of nitrogens with one attached hydrogen (secondary N) is 1. The third kappa shape index (κ3) is 7.85. The van der Waals surface area contributed by atoms with Crippen LogP contribution in [0.15, 0.2) is 24.3 Å². The highest BCUT2D eigenvalue weighted by Gasteiger charge is 2.27. The number of ether oxygens (including phenoxy) is 1. The van der Waals surface area contributed by atoms with Gasteiger partial charge in [0.05, 0.1) is 0 Å². The SMILES string of the molecule is Cc1ccccc1CCNCCCOCC(F)(F)F. The molecule has 0 saturated heterocycles. The summed E-state index contributed by atoms with van der Waals surface area (Å²) in [6.45, 7) is 2.54. The van der Waals surface area contributed by atoms with Crippen LogP contribution in [0.5, 0.6) is 0 Å². The maximum Gasteiger partial charge on any atom is 0.411 e. The first-order valence-corrected chi connectivity index (χ1v) is 6.39. The number of halogens is 3. The Morgan fingerprint density at radius 3 is 2.58 bits per heavy atom. The van der Waals surface area contributed by atoms with Gasteiger partial charge in [0.15, 0.2) is 0 Å². The first kappa shape index (κ1) is 16.0. The highest BCUT2D eigenvalue weighted by Crippen LogP contribution is 2.14. The Kier molecular flexibility index (Phi) is 6.87. The first-order valence-electron chi connectivity index (χ1n) is 6.39. The van der Waals surface area contributed by atoms with Gasteiger partial charge in [-0.05, 0) is 44.0 Å². The van der Waals surface area contributed by atoms with Crippen molar-refractivity contribution in [1.29, 1.82) is 0 Å². The monoisotopic (exact) mass is 275 g/mol. The minimum absolute atomic E-state index is 0.136. The summed E-state index contributed by atoms with van der Waals surface area (Å²) in [6, 6.07) is 8.17. The second kappa shape index (κ2) is 8.17. The summed E-state index contributed by atoms with van der Waals surface area (Å²) >= 11 is 0. The fourth-order valence-electron chi connectivity index (χ4n) is 1.73. The molecular formula is C14H20F3NO. The van der Waals surface area contributed by atoms with E-state index in [2.05, 4.69) is 29.1 Å². The smallest absolute Gasteiger partial charge is 0.372 e. The van der Waals surface area contributed by atoms with Crippen molar-refractivity contribution in [3.8, 4) is 0 Å². The van der Waals surface area contributed by atoms with E-state index in [1.54, 1.807) is 0 Å². The molecular weight excluding hydrogens is 255 g/mol. The average molecular weight is 275 g/mol. The predicted octanol–water partition coefficient (Wildman–Crippen LogP) is 3.10. The molecule has 0 spiro atoms. The lowest BCUT2D eigenvalue weighted by atomic mass is 10.1. The van der Waals surface area contributed by atoms with Gasteiger partial charge in [0.25, 0.3) is 0 Å². The van der Waals surface area contributed by atoms with Crippen LogP contribution in [0.3, 0.4) is 0 Å². The molecule has 0 heterocycles. The second-order valence-corrected chi connectivity index (χ2v) is 4.45. The summed E-state index contributed by atoms with van der Waals surface area (Å²) in [7, 11) is 0. The molecule has 0 radical (unpaired) electrons. The Balaban J connectivity index is 1.99. The number of rotatable bonds is 8. The Morgan fingerprint density at radius 1 is 1.16 bits per heavy atom. The molecule has 0 aliphatic rings. The molecule has 0 aliphatic carbocycles. The lowest BCUT2D eigenvalue weighted by molar-refractivity contribution is -0.173. The lowest BCUT2D eigenvalue weighted by Crippen LogP contribution is -2.22. The molecule has 0 aromatic heterocycles. The quantitative estimate of drug-likeness (QED) is 0.736. The fourth-order valence-corrected chi connectivity index (χ4v) is 1.73. The molecule has 0 amide bonds. The molecule has 1 aromatic rings. The highest BCUT2D eigenvalue weighted by atomic mass is 19.4. The zero-order valence-electron chi connectivity index (χ0n) is 11.1. The molecule has 1 N–H and O–H groups in total. The molecule has 5 heteroatoms. The van der Waals surface area contributed by atoms with Crippen molar-refractivity contribution in [1.82, 2.24) is 5.32 Å². The largest absolute Gasteiger partial charge is 0.411 e. The summed E-state index contributed by atoms with van der Waals surface area (Å²) in [5.74, 6) is 0. The van der Waals surface area contributed by atoms with E-state index in [0.29, 0.717) is 13.0 Å². The Bertz CT molecular complexity index is 366. The molecule has 0 aliphatic heterocycles. The van der Waals surface area contributed by atoms with Gasteiger partial charge in [0.2, 0.25) is 0 Å². The van der Waals surface area contributed by atoms with Crippen LogP contribution in [-0.4, -0.2) is 32.5 Å². The summed E-state index contributed by atoms with van der Waals surface area (Å²) in [5.41, 5.74) is 2.56. The number of benzene rings is 1. The van der Waals surface area contributed by atoms with Crippen molar-refractivity contribution in [2.45, 2.75) is 25.9 Å². The molecule has 0 atom stereocenters. The van der Waals surface area contributed by atoms with E-state index in [1.807, 2.05) is 12.1 Å². The van der Waals surface area contributed by atoms with Crippen molar-refractivity contribution in [2.24, 2.45) is 0 Å². The van der Waals surface area contributed by atoms with Crippen molar-refractivity contribution >= 4 is 0 Å². The van der Waals surface area contributed by atoms with Crippen molar-refractivity contribution < 1.29 is 17.9 Å². The molecule has 0 unspecified atom stereocenters. The summed E-state index contributed by atoms with van der Waals surface area (Å²) < 4.78 is 39.8. The number of alkyl halides is 3. The second-order valence-electron chi connectivity index (χ2n) is 4.45.